The van der Waals surface area contributed by atoms with E-state index >= 15 is 0 Å². The van der Waals surface area contributed by atoms with Crippen molar-refractivity contribution in [2.45, 2.75) is 20.3 Å². The first-order valence-electron chi connectivity index (χ1n) is 7.11. The molecule has 0 radical (unpaired) electrons. The van der Waals surface area contributed by atoms with E-state index in [-0.39, 0.29) is 17.4 Å². The monoisotopic (exact) mass is 312 g/mol. The van der Waals surface area contributed by atoms with Gasteiger partial charge < -0.3 is 0 Å². The lowest BCUT2D eigenvalue weighted by Gasteiger charge is -2.14. The largest absolute Gasteiger partial charge is 0.282 e. The van der Waals surface area contributed by atoms with Crippen molar-refractivity contribution in [3.05, 3.63) is 57.3 Å². The van der Waals surface area contributed by atoms with Gasteiger partial charge in [0.2, 0.25) is 0 Å². The minimum atomic E-state index is -0.365. The molecule has 112 valence electrons. The van der Waals surface area contributed by atoms with Gasteiger partial charge in [-0.15, -0.1) is 11.3 Å². The normalized spacial score (nSPS) is 16.5. The second kappa shape index (κ2) is 5.77. The summed E-state index contributed by atoms with van der Waals surface area (Å²) >= 11 is 1.55. The van der Waals surface area contributed by atoms with Crippen LogP contribution >= 0.6 is 11.3 Å². The zero-order valence-electron chi connectivity index (χ0n) is 12.4. The molecule has 2 amide bonds. The van der Waals surface area contributed by atoms with Gasteiger partial charge in [0.25, 0.3) is 11.8 Å². The number of anilines is 1. The van der Waals surface area contributed by atoms with Crippen LogP contribution in [-0.4, -0.2) is 11.8 Å². The number of aryl methyl sites for hydroxylation is 2. The smallest absolute Gasteiger partial charge is 0.267 e. The lowest BCUT2D eigenvalue weighted by atomic mass is 10.1. The Morgan fingerprint density at radius 1 is 1.14 bits per heavy atom. The second-order valence-corrected chi connectivity index (χ2v) is 6.43. The highest BCUT2D eigenvalue weighted by molar-refractivity contribution is 7.12. The Hall–Kier alpha value is -2.40. The molecule has 0 atom stereocenters. The van der Waals surface area contributed by atoms with Crippen LogP contribution < -0.4 is 10.4 Å². The summed E-state index contributed by atoms with van der Waals surface area (Å²) in [5, 5.41) is 1.30. The molecular weight excluding hydrogens is 296 g/mol. The number of hydrogen-bond acceptors (Lipinski definition) is 3. The maximum absolute atomic E-state index is 12.5. The Labute approximate surface area is 133 Å². The number of benzene rings is 1. The molecule has 3 rings (SSSR count). The Kier molecular flexibility index (Phi) is 3.81. The third-order valence-electron chi connectivity index (χ3n) is 3.54. The SMILES string of the molecule is CCc1ccc(N2NC(=O)/C(=C\c3ccc(C)s3)C2=O)cc1. The standard InChI is InChI=1S/C17H16N2O2S/c1-3-12-5-7-13(8-6-12)19-17(21)15(16(20)18-19)10-14-9-4-11(2)22-14/h4-10H,3H2,1-2H3,(H,18,20)/b15-10+. The highest BCUT2D eigenvalue weighted by Gasteiger charge is 2.34. The van der Waals surface area contributed by atoms with Gasteiger partial charge >= 0.3 is 0 Å². The Morgan fingerprint density at radius 2 is 1.86 bits per heavy atom. The van der Waals surface area contributed by atoms with Crippen LogP contribution in [-0.2, 0) is 16.0 Å². The van der Waals surface area contributed by atoms with Crippen LogP contribution in [0.4, 0.5) is 5.69 Å². The summed E-state index contributed by atoms with van der Waals surface area (Å²) < 4.78 is 0. The van der Waals surface area contributed by atoms with Crippen molar-refractivity contribution < 1.29 is 9.59 Å². The molecule has 1 fully saturated rings. The number of hydrogen-bond donors (Lipinski definition) is 1. The zero-order valence-corrected chi connectivity index (χ0v) is 13.2. The molecule has 2 aromatic rings. The van der Waals surface area contributed by atoms with E-state index in [0.717, 1.165) is 16.2 Å². The van der Waals surface area contributed by atoms with Crippen molar-refractivity contribution in [3.63, 3.8) is 0 Å². The fraction of sp³-hybridized carbons (Fsp3) is 0.176. The number of thiophene rings is 1. The van der Waals surface area contributed by atoms with Crippen LogP contribution in [0.3, 0.4) is 0 Å². The van der Waals surface area contributed by atoms with E-state index in [0.29, 0.717) is 5.69 Å². The van der Waals surface area contributed by atoms with Crippen molar-refractivity contribution >= 4 is 34.9 Å². The Bertz CT molecular complexity index is 759. The van der Waals surface area contributed by atoms with Crippen molar-refractivity contribution in [1.82, 2.24) is 5.43 Å². The van der Waals surface area contributed by atoms with Crippen LogP contribution in [0, 0.1) is 6.92 Å². The van der Waals surface area contributed by atoms with Gasteiger partial charge in [-0.1, -0.05) is 19.1 Å². The van der Waals surface area contributed by atoms with Gasteiger partial charge in [-0.25, -0.2) is 5.01 Å². The summed E-state index contributed by atoms with van der Waals surface area (Å²) in [6, 6.07) is 11.5. The van der Waals surface area contributed by atoms with Gasteiger partial charge in [0, 0.05) is 9.75 Å². The number of nitrogens with one attached hydrogen (secondary N) is 1. The molecule has 2 heterocycles. The number of hydrazine groups is 1. The molecule has 0 unspecified atom stereocenters. The highest BCUT2D eigenvalue weighted by Crippen LogP contribution is 2.24. The number of carbonyl (C=O) groups excluding carboxylic acids is 2. The number of amides is 2. The summed E-state index contributed by atoms with van der Waals surface area (Å²) in [5.74, 6) is -0.684. The molecule has 5 heteroatoms. The number of carbonyl (C=O) groups is 2. The van der Waals surface area contributed by atoms with Crippen LogP contribution in [0.25, 0.3) is 6.08 Å². The van der Waals surface area contributed by atoms with E-state index in [2.05, 4.69) is 12.3 Å². The number of rotatable bonds is 3. The van der Waals surface area contributed by atoms with E-state index in [1.54, 1.807) is 17.4 Å². The van der Waals surface area contributed by atoms with Gasteiger partial charge in [-0.05, 0) is 49.2 Å². The van der Waals surface area contributed by atoms with Crippen molar-refractivity contribution in [2.75, 3.05) is 5.01 Å². The van der Waals surface area contributed by atoms with Gasteiger partial charge in [0.15, 0.2) is 0 Å². The van der Waals surface area contributed by atoms with Gasteiger partial charge in [0.1, 0.15) is 5.57 Å². The molecule has 0 spiro atoms. The third kappa shape index (κ3) is 2.67. The summed E-state index contributed by atoms with van der Waals surface area (Å²) in [6.45, 7) is 4.06. The summed E-state index contributed by atoms with van der Waals surface area (Å²) in [7, 11) is 0. The number of nitrogens with zero attached hydrogens (tertiary/aromatic N) is 1. The Morgan fingerprint density at radius 3 is 2.45 bits per heavy atom. The molecule has 1 aromatic carbocycles. The lowest BCUT2D eigenvalue weighted by Crippen LogP contribution is -2.35. The lowest BCUT2D eigenvalue weighted by molar-refractivity contribution is -0.117. The summed E-state index contributed by atoms with van der Waals surface area (Å²) in [4.78, 5) is 26.6. The van der Waals surface area contributed by atoms with Crippen LogP contribution in [0.1, 0.15) is 22.2 Å². The van der Waals surface area contributed by atoms with Gasteiger partial charge in [-0.3, -0.25) is 15.0 Å². The average molecular weight is 312 g/mol. The van der Waals surface area contributed by atoms with Gasteiger partial charge in [-0.2, -0.15) is 0 Å². The minimum absolute atomic E-state index is 0.168. The first kappa shape index (κ1) is 14.5. The molecule has 0 aliphatic carbocycles. The van der Waals surface area contributed by atoms with E-state index in [1.807, 2.05) is 43.3 Å². The Balaban J connectivity index is 1.89. The molecule has 4 nitrogen and oxygen atoms in total. The predicted octanol–water partition coefficient (Wildman–Crippen LogP) is 3.08. The molecule has 22 heavy (non-hydrogen) atoms. The van der Waals surface area contributed by atoms with Crippen molar-refractivity contribution in [2.24, 2.45) is 0 Å². The molecule has 1 N–H and O–H groups in total. The van der Waals surface area contributed by atoms with Crippen molar-refractivity contribution in [1.29, 1.82) is 0 Å². The first-order chi connectivity index (χ1) is 10.6. The molecule has 1 aliphatic heterocycles. The predicted molar refractivity (Wildman–Crippen MR) is 88.5 cm³/mol. The topological polar surface area (TPSA) is 49.4 Å². The maximum atomic E-state index is 12.5. The van der Waals surface area contributed by atoms with E-state index in [4.69, 9.17) is 0 Å². The molecule has 0 saturated carbocycles. The van der Waals surface area contributed by atoms with Crippen LogP contribution in [0.15, 0.2) is 42.0 Å². The fourth-order valence-corrected chi connectivity index (χ4v) is 3.11. The van der Waals surface area contributed by atoms with Crippen LogP contribution in [0.2, 0.25) is 0 Å². The first-order valence-corrected chi connectivity index (χ1v) is 7.92. The summed E-state index contributed by atoms with van der Waals surface area (Å²) in [6.07, 6.45) is 2.58. The van der Waals surface area contributed by atoms with E-state index in [9.17, 15) is 9.59 Å². The third-order valence-corrected chi connectivity index (χ3v) is 4.49. The fourth-order valence-electron chi connectivity index (χ4n) is 2.29. The molecular formula is C17H16N2O2S. The zero-order chi connectivity index (χ0) is 15.7. The molecule has 1 aromatic heterocycles. The molecule has 1 aliphatic rings. The quantitative estimate of drug-likeness (QED) is 0.699. The summed E-state index contributed by atoms with van der Waals surface area (Å²) in [5.41, 5.74) is 4.64. The van der Waals surface area contributed by atoms with E-state index in [1.165, 1.54) is 10.6 Å². The molecule has 1 saturated heterocycles. The second-order valence-electron chi connectivity index (χ2n) is 5.11. The highest BCUT2D eigenvalue weighted by atomic mass is 32.1. The van der Waals surface area contributed by atoms with Crippen molar-refractivity contribution in [3.8, 4) is 0 Å². The van der Waals surface area contributed by atoms with Crippen LogP contribution in [0.5, 0.6) is 0 Å². The van der Waals surface area contributed by atoms with Gasteiger partial charge in [0.05, 0.1) is 5.69 Å². The van der Waals surface area contributed by atoms with E-state index < -0.39 is 0 Å². The minimum Gasteiger partial charge on any atom is -0.267 e. The average Bonchev–Trinajstić information content (AvgIpc) is 3.06. The maximum Gasteiger partial charge on any atom is 0.282 e. The molecule has 0 bridgehead atoms.